The molecular formula is C20H24BrN3O4. The molecular weight excluding hydrogens is 426 g/mol. The molecule has 2 aromatic rings. The van der Waals surface area contributed by atoms with Crippen molar-refractivity contribution in [2.75, 3.05) is 19.9 Å². The van der Waals surface area contributed by atoms with Crippen molar-refractivity contribution in [1.29, 1.82) is 0 Å². The van der Waals surface area contributed by atoms with Crippen molar-refractivity contribution in [3.05, 3.63) is 29.0 Å². The number of hydrogen-bond donors (Lipinski definition) is 0. The molecule has 0 spiro atoms. The molecule has 0 unspecified atom stereocenters. The van der Waals surface area contributed by atoms with Gasteiger partial charge in [0.05, 0.1) is 12.2 Å². The highest BCUT2D eigenvalue weighted by molar-refractivity contribution is 9.10. The summed E-state index contributed by atoms with van der Waals surface area (Å²) in [4.78, 5) is 14.0. The molecule has 150 valence electrons. The van der Waals surface area contributed by atoms with Crippen LogP contribution in [-0.2, 0) is 4.74 Å². The number of ether oxygens (including phenoxy) is 3. The van der Waals surface area contributed by atoms with Crippen LogP contribution in [0.3, 0.4) is 0 Å². The van der Waals surface area contributed by atoms with Crippen molar-refractivity contribution in [2.24, 2.45) is 0 Å². The van der Waals surface area contributed by atoms with E-state index in [9.17, 15) is 4.79 Å². The first-order valence-electron chi connectivity index (χ1n) is 9.42. The van der Waals surface area contributed by atoms with Gasteiger partial charge in [0.1, 0.15) is 5.60 Å². The first-order chi connectivity index (χ1) is 13.3. The Kier molecular flexibility index (Phi) is 4.99. The Labute approximate surface area is 172 Å². The SMILES string of the molecule is CC(C)(C)OC(=O)N1CCC(n2cc(-c3cc4c(cc3Br)OCO4)cn2)CC1. The van der Waals surface area contributed by atoms with Crippen LogP contribution >= 0.6 is 15.9 Å². The molecule has 1 amide bonds. The third-order valence-corrected chi connectivity index (χ3v) is 5.52. The van der Waals surface area contributed by atoms with Crippen LogP contribution < -0.4 is 9.47 Å². The molecule has 7 nitrogen and oxygen atoms in total. The monoisotopic (exact) mass is 449 g/mol. The number of carbonyl (C=O) groups excluding carboxylic acids is 1. The lowest BCUT2D eigenvalue weighted by molar-refractivity contribution is 0.0185. The molecule has 0 aliphatic carbocycles. The fourth-order valence-electron chi connectivity index (χ4n) is 3.45. The highest BCUT2D eigenvalue weighted by Crippen LogP contribution is 2.41. The number of piperidine rings is 1. The summed E-state index contributed by atoms with van der Waals surface area (Å²) in [5.74, 6) is 1.49. The van der Waals surface area contributed by atoms with E-state index in [0.29, 0.717) is 13.1 Å². The molecule has 4 rings (SSSR count). The molecule has 2 aliphatic heterocycles. The first kappa shape index (κ1) is 19.1. The van der Waals surface area contributed by atoms with Gasteiger partial charge in [-0.15, -0.1) is 0 Å². The molecule has 1 aromatic heterocycles. The molecule has 0 saturated carbocycles. The Morgan fingerprint density at radius 1 is 1.21 bits per heavy atom. The van der Waals surface area contributed by atoms with Crippen molar-refractivity contribution in [3.63, 3.8) is 0 Å². The van der Waals surface area contributed by atoms with Crippen LogP contribution in [-0.4, -0.2) is 46.3 Å². The Hall–Kier alpha value is -2.22. The molecule has 3 heterocycles. The molecule has 0 N–H and O–H groups in total. The van der Waals surface area contributed by atoms with Gasteiger partial charge in [0.2, 0.25) is 6.79 Å². The van der Waals surface area contributed by atoms with Gasteiger partial charge in [-0.25, -0.2) is 4.79 Å². The fraction of sp³-hybridized carbons (Fsp3) is 0.500. The fourth-order valence-corrected chi connectivity index (χ4v) is 4.01. The van der Waals surface area contributed by atoms with E-state index in [0.717, 1.165) is 39.9 Å². The maximum Gasteiger partial charge on any atom is 0.410 e. The zero-order valence-corrected chi connectivity index (χ0v) is 17.9. The lowest BCUT2D eigenvalue weighted by atomic mass is 10.1. The Morgan fingerprint density at radius 2 is 1.89 bits per heavy atom. The summed E-state index contributed by atoms with van der Waals surface area (Å²) in [6.45, 7) is 7.25. The molecule has 1 fully saturated rings. The third kappa shape index (κ3) is 3.97. The lowest BCUT2D eigenvalue weighted by Gasteiger charge is -2.33. The highest BCUT2D eigenvalue weighted by Gasteiger charge is 2.28. The number of nitrogens with zero attached hydrogens (tertiary/aromatic N) is 3. The van der Waals surface area contributed by atoms with E-state index >= 15 is 0 Å². The zero-order valence-electron chi connectivity index (χ0n) is 16.3. The average molecular weight is 450 g/mol. The van der Waals surface area contributed by atoms with Gasteiger partial charge in [0.15, 0.2) is 11.5 Å². The summed E-state index contributed by atoms with van der Waals surface area (Å²) in [6.07, 6.45) is 5.38. The minimum atomic E-state index is -0.469. The van der Waals surface area contributed by atoms with Crippen LogP contribution in [0.4, 0.5) is 4.79 Å². The summed E-state index contributed by atoms with van der Waals surface area (Å²) < 4.78 is 19.3. The smallest absolute Gasteiger partial charge is 0.410 e. The van der Waals surface area contributed by atoms with Gasteiger partial charge in [-0.1, -0.05) is 15.9 Å². The van der Waals surface area contributed by atoms with Gasteiger partial charge in [-0.05, 0) is 45.7 Å². The summed E-state index contributed by atoms with van der Waals surface area (Å²) >= 11 is 3.61. The molecule has 2 aliphatic rings. The first-order valence-corrected chi connectivity index (χ1v) is 10.2. The maximum atomic E-state index is 12.2. The normalized spacial score (nSPS) is 17.1. The van der Waals surface area contributed by atoms with Crippen molar-refractivity contribution in [2.45, 2.75) is 45.3 Å². The second-order valence-electron chi connectivity index (χ2n) is 8.09. The Bertz CT molecular complexity index is 882. The Morgan fingerprint density at radius 3 is 2.57 bits per heavy atom. The molecule has 0 bridgehead atoms. The van der Waals surface area contributed by atoms with Gasteiger partial charge < -0.3 is 19.1 Å². The lowest BCUT2D eigenvalue weighted by Crippen LogP contribution is -2.42. The van der Waals surface area contributed by atoms with Gasteiger partial charge in [0.25, 0.3) is 0 Å². The van der Waals surface area contributed by atoms with E-state index in [1.807, 2.05) is 43.8 Å². The average Bonchev–Trinajstić information content (AvgIpc) is 3.28. The number of likely N-dealkylation sites (tertiary alicyclic amines) is 1. The quantitative estimate of drug-likeness (QED) is 0.669. The molecule has 0 radical (unpaired) electrons. The number of rotatable bonds is 2. The summed E-state index contributed by atoms with van der Waals surface area (Å²) in [7, 11) is 0. The van der Waals surface area contributed by atoms with E-state index in [-0.39, 0.29) is 18.9 Å². The van der Waals surface area contributed by atoms with Crippen molar-refractivity contribution in [1.82, 2.24) is 14.7 Å². The van der Waals surface area contributed by atoms with Crippen molar-refractivity contribution >= 4 is 22.0 Å². The van der Waals surface area contributed by atoms with Crippen molar-refractivity contribution < 1.29 is 19.0 Å². The number of benzene rings is 1. The van der Waals surface area contributed by atoms with Crippen LogP contribution in [0, 0.1) is 0 Å². The largest absolute Gasteiger partial charge is 0.454 e. The van der Waals surface area contributed by atoms with E-state index in [4.69, 9.17) is 14.2 Å². The number of fused-ring (bicyclic) bond motifs is 1. The molecule has 1 aromatic carbocycles. The number of amides is 1. The second-order valence-corrected chi connectivity index (χ2v) is 8.95. The molecule has 8 heteroatoms. The molecule has 1 saturated heterocycles. The standard InChI is InChI=1S/C20H24BrN3O4/c1-20(2,3)28-19(25)23-6-4-14(5-7-23)24-11-13(10-22-24)15-8-17-18(9-16(15)21)27-12-26-17/h8-11,14H,4-7,12H2,1-3H3. The summed E-state index contributed by atoms with van der Waals surface area (Å²) in [6, 6.07) is 4.16. The zero-order chi connectivity index (χ0) is 19.9. The van der Waals surface area contributed by atoms with E-state index < -0.39 is 5.60 Å². The summed E-state index contributed by atoms with van der Waals surface area (Å²) in [5, 5.41) is 4.57. The number of hydrogen-bond acceptors (Lipinski definition) is 5. The van der Waals surface area contributed by atoms with Gasteiger partial charge >= 0.3 is 6.09 Å². The van der Waals surface area contributed by atoms with Crippen molar-refractivity contribution in [3.8, 4) is 22.6 Å². The number of aromatic nitrogens is 2. The van der Waals surface area contributed by atoms with Crippen LogP contribution in [0.25, 0.3) is 11.1 Å². The van der Waals surface area contributed by atoms with E-state index in [1.165, 1.54) is 0 Å². The number of halogens is 1. The maximum absolute atomic E-state index is 12.2. The Balaban J connectivity index is 1.43. The molecule has 28 heavy (non-hydrogen) atoms. The summed E-state index contributed by atoms with van der Waals surface area (Å²) in [5.41, 5.74) is 1.56. The van der Waals surface area contributed by atoms with Gasteiger partial charge in [0, 0.05) is 34.9 Å². The predicted octanol–water partition coefficient (Wildman–Crippen LogP) is 4.61. The van der Waals surface area contributed by atoms with Gasteiger partial charge in [-0.3, -0.25) is 4.68 Å². The van der Waals surface area contributed by atoms with Crippen LogP contribution in [0.15, 0.2) is 29.0 Å². The van der Waals surface area contributed by atoms with Crippen LogP contribution in [0.2, 0.25) is 0 Å². The topological polar surface area (TPSA) is 65.8 Å². The second kappa shape index (κ2) is 7.31. The van der Waals surface area contributed by atoms with Crippen LogP contribution in [0.5, 0.6) is 11.5 Å². The number of carbonyl (C=O) groups is 1. The van der Waals surface area contributed by atoms with Gasteiger partial charge in [-0.2, -0.15) is 5.10 Å². The minimum Gasteiger partial charge on any atom is -0.454 e. The highest BCUT2D eigenvalue weighted by atomic mass is 79.9. The third-order valence-electron chi connectivity index (χ3n) is 4.87. The molecule has 0 atom stereocenters. The van der Waals surface area contributed by atoms with Crippen LogP contribution in [0.1, 0.15) is 39.7 Å². The predicted molar refractivity (Wildman–Crippen MR) is 108 cm³/mol. The minimum absolute atomic E-state index is 0.239. The van der Waals surface area contributed by atoms with E-state index in [2.05, 4.69) is 27.2 Å². The van der Waals surface area contributed by atoms with E-state index in [1.54, 1.807) is 4.90 Å².